The number of rotatable bonds is 5. The summed E-state index contributed by atoms with van der Waals surface area (Å²) in [6.45, 7) is 5.84. The van der Waals surface area contributed by atoms with Crippen molar-refractivity contribution in [3.05, 3.63) is 65.1 Å². The van der Waals surface area contributed by atoms with Crippen LogP contribution in [0.15, 0.2) is 37.2 Å². The van der Waals surface area contributed by atoms with Crippen LogP contribution in [0.3, 0.4) is 0 Å². The van der Waals surface area contributed by atoms with Crippen molar-refractivity contribution < 1.29 is 17.6 Å². The topological polar surface area (TPSA) is 55.6 Å². The molecule has 0 saturated carbocycles. The lowest BCUT2D eigenvalue weighted by Crippen LogP contribution is -2.06. The molecule has 29 heavy (non-hydrogen) atoms. The summed E-state index contributed by atoms with van der Waals surface area (Å²) in [6, 6.07) is 4.21. The number of nitrogens with one attached hydrogen (secondary N) is 1. The molecule has 1 N–H and O–H groups in total. The number of nitrogens with zero attached hydrogens (tertiary/aromatic N) is 4. The van der Waals surface area contributed by atoms with E-state index in [9.17, 15) is 17.6 Å². The van der Waals surface area contributed by atoms with E-state index in [0.717, 1.165) is 16.3 Å². The average molecular weight is 426 g/mol. The number of hydrogen-bond donors (Lipinski definition) is 1. The second-order valence-corrected chi connectivity index (χ2v) is 6.75. The van der Waals surface area contributed by atoms with Crippen molar-refractivity contribution in [2.75, 3.05) is 5.32 Å². The fraction of sp³-hybridized carbons (Fsp3) is 0.211. The molecule has 0 amide bonds. The maximum atomic E-state index is 14.6. The van der Waals surface area contributed by atoms with Gasteiger partial charge in [0, 0.05) is 31.5 Å². The second-order valence-electron chi connectivity index (χ2n) is 6.41. The lowest BCUT2D eigenvalue weighted by Gasteiger charge is -2.12. The number of halogens is 5. The molecule has 0 unspecified atom stereocenters. The van der Waals surface area contributed by atoms with E-state index < -0.39 is 17.7 Å². The molecule has 5 nitrogen and oxygen atoms in total. The van der Waals surface area contributed by atoms with Crippen molar-refractivity contribution in [2.24, 2.45) is 7.05 Å². The summed E-state index contributed by atoms with van der Waals surface area (Å²) in [6.07, 6.45) is -2.25. The molecule has 0 aliphatic rings. The van der Waals surface area contributed by atoms with Crippen molar-refractivity contribution in [2.45, 2.75) is 19.6 Å². The molecule has 0 saturated heterocycles. The summed E-state index contributed by atoms with van der Waals surface area (Å²) in [5.41, 5.74) is 0.839. The Morgan fingerprint density at radius 3 is 2.59 bits per heavy atom. The first-order chi connectivity index (χ1) is 13.6. The molecule has 0 atom stereocenters. The molecule has 152 valence electrons. The summed E-state index contributed by atoms with van der Waals surface area (Å²) in [5, 5.41) is 3.09. The quantitative estimate of drug-likeness (QED) is 0.443. The number of benzene rings is 1. The van der Waals surface area contributed by atoms with E-state index in [0.29, 0.717) is 16.9 Å². The largest absolute Gasteiger partial charge is 0.434 e. The van der Waals surface area contributed by atoms with Crippen molar-refractivity contribution >= 4 is 23.0 Å². The molecule has 0 aliphatic heterocycles. The Kier molecular flexibility index (Phi) is 5.61. The van der Waals surface area contributed by atoms with Crippen molar-refractivity contribution in [1.29, 1.82) is 0 Å². The fourth-order valence-corrected chi connectivity index (χ4v) is 2.83. The molecule has 0 radical (unpaired) electrons. The highest BCUT2D eigenvalue weighted by atomic mass is 35.5. The fourth-order valence-electron chi connectivity index (χ4n) is 2.70. The first-order valence-electron chi connectivity index (χ1n) is 8.38. The van der Waals surface area contributed by atoms with Crippen LogP contribution in [0.5, 0.6) is 0 Å². The molecule has 1 aromatic carbocycles. The van der Waals surface area contributed by atoms with Gasteiger partial charge in [-0.15, -0.1) is 0 Å². The van der Waals surface area contributed by atoms with Crippen molar-refractivity contribution in [3.8, 4) is 11.4 Å². The first kappa shape index (κ1) is 20.8. The van der Waals surface area contributed by atoms with Gasteiger partial charge in [-0.1, -0.05) is 12.6 Å². The molecule has 2 heterocycles. The van der Waals surface area contributed by atoms with E-state index in [1.54, 1.807) is 13.0 Å². The maximum absolute atomic E-state index is 14.6. The molecule has 0 bridgehead atoms. The lowest BCUT2D eigenvalue weighted by atomic mass is 10.1. The third-order valence-corrected chi connectivity index (χ3v) is 4.30. The van der Waals surface area contributed by atoms with Gasteiger partial charge in [0.2, 0.25) is 5.28 Å². The summed E-state index contributed by atoms with van der Waals surface area (Å²) < 4.78 is 54.2. The van der Waals surface area contributed by atoms with Crippen LogP contribution in [0.1, 0.15) is 23.7 Å². The monoisotopic (exact) mass is 425 g/mol. The van der Waals surface area contributed by atoms with Crippen molar-refractivity contribution in [1.82, 2.24) is 19.5 Å². The Morgan fingerprint density at radius 2 is 2.00 bits per heavy atom. The number of imidazole rings is 1. The van der Waals surface area contributed by atoms with E-state index in [1.165, 1.54) is 25.4 Å². The first-order valence-corrected chi connectivity index (χ1v) is 8.75. The molecule has 10 heteroatoms. The normalized spacial score (nSPS) is 11.6. The Balaban J connectivity index is 1.84. The minimum atomic E-state index is -4.60. The van der Waals surface area contributed by atoms with Crippen LogP contribution in [-0.4, -0.2) is 19.5 Å². The smallest absolute Gasteiger partial charge is 0.365 e. The average Bonchev–Trinajstić information content (AvgIpc) is 3.02. The van der Waals surface area contributed by atoms with E-state index in [2.05, 4.69) is 26.8 Å². The van der Waals surface area contributed by atoms with Gasteiger partial charge in [0.25, 0.3) is 0 Å². The van der Waals surface area contributed by atoms with Crippen LogP contribution in [-0.2, 0) is 19.8 Å². The van der Waals surface area contributed by atoms with Crippen LogP contribution in [0, 0.1) is 5.82 Å². The summed E-state index contributed by atoms with van der Waals surface area (Å²) in [7, 11) is 1.38. The molecule has 0 spiro atoms. The van der Waals surface area contributed by atoms with E-state index in [-0.39, 0.29) is 23.2 Å². The van der Waals surface area contributed by atoms with Gasteiger partial charge in [-0.05, 0) is 41.8 Å². The van der Waals surface area contributed by atoms with Gasteiger partial charge in [0.05, 0.1) is 5.56 Å². The van der Waals surface area contributed by atoms with Gasteiger partial charge in [-0.2, -0.15) is 13.2 Å². The lowest BCUT2D eigenvalue weighted by molar-refractivity contribution is -0.140. The number of aryl methyl sites for hydroxylation is 1. The van der Waals surface area contributed by atoms with Gasteiger partial charge < -0.3 is 9.88 Å². The van der Waals surface area contributed by atoms with Gasteiger partial charge >= 0.3 is 6.18 Å². The predicted molar refractivity (Wildman–Crippen MR) is 103 cm³/mol. The Hall–Kier alpha value is -2.94. The molecule has 2 aromatic heterocycles. The van der Waals surface area contributed by atoms with E-state index >= 15 is 0 Å². The van der Waals surface area contributed by atoms with Crippen molar-refractivity contribution in [3.63, 3.8) is 0 Å². The van der Waals surface area contributed by atoms with Crippen LogP contribution >= 0.6 is 11.6 Å². The molecule has 3 rings (SSSR count). The van der Waals surface area contributed by atoms with Crippen LogP contribution in [0.4, 0.5) is 23.4 Å². The standard InChI is InChI=1S/C19H16ClF4N5/c1-10(2)13-8-26-18(20)28-16(13)25-7-11-4-5-12(14(21)6-11)17-27-15(9-29(17)3)19(22,23)24/h4-6,8-9H,1,7H2,2-3H3,(H,25,26,28). The minimum absolute atomic E-state index is 0.0283. The zero-order chi connectivity index (χ0) is 21.3. The van der Waals surface area contributed by atoms with Gasteiger partial charge in [0.1, 0.15) is 17.5 Å². The predicted octanol–water partition coefficient (Wildman–Crippen LogP) is 5.33. The van der Waals surface area contributed by atoms with Gasteiger partial charge in [-0.25, -0.2) is 19.3 Å². The number of allylic oxidation sites excluding steroid dienone is 1. The number of hydrogen-bond acceptors (Lipinski definition) is 4. The summed E-state index contributed by atoms with van der Waals surface area (Å²) >= 11 is 5.82. The Labute approximate surface area is 169 Å². The van der Waals surface area contributed by atoms with E-state index in [4.69, 9.17) is 11.6 Å². The molecule has 3 aromatic rings. The Morgan fingerprint density at radius 1 is 1.28 bits per heavy atom. The maximum Gasteiger partial charge on any atom is 0.434 e. The van der Waals surface area contributed by atoms with Crippen LogP contribution < -0.4 is 5.32 Å². The number of alkyl halides is 3. The van der Waals surface area contributed by atoms with Gasteiger partial charge in [-0.3, -0.25) is 0 Å². The third kappa shape index (κ3) is 4.56. The van der Waals surface area contributed by atoms with Crippen LogP contribution in [0.2, 0.25) is 5.28 Å². The van der Waals surface area contributed by atoms with E-state index in [1.807, 2.05) is 0 Å². The highest BCUT2D eigenvalue weighted by Gasteiger charge is 2.34. The van der Waals surface area contributed by atoms with Gasteiger partial charge in [0.15, 0.2) is 5.69 Å². The highest BCUT2D eigenvalue weighted by Crippen LogP contribution is 2.31. The third-order valence-electron chi connectivity index (χ3n) is 4.12. The van der Waals surface area contributed by atoms with Crippen LogP contribution in [0.25, 0.3) is 17.0 Å². The summed E-state index contributed by atoms with van der Waals surface area (Å²) in [4.78, 5) is 11.5. The molecule has 0 aliphatic carbocycles. The molecule has 0 fully saturated rings. The number of anilines is 1. The zero-order valence-corrected chi connectivity index (χ0v) is 16.2. The zero-order valence-electron chi connectivity index (χ0n) is 15.5. The second kappa shape index (κ2) is 7.82. The number of aromatic nitrogens is 4. The minimum Gasteiger partial charge on any atom is -0.365 e. The summed E-state index contributed by atoms with van der Waals surface area (Å²) in [5.74, 6) is -0.352. The SMILES string of the molecule is C=C(C)c1cnc(Cl)nc1NCc1ccc(-c2nc(C(F)(F)F)cn2C)c(F)c1. The highest BCUT2D eigenvalue weighted by molar-refractivity contribution is 6.28. The molecular formula is C19H16ClF4N5. The Bertz CT molecular complexity index is 1070. The molecular weight excluding hydrogens is 410 g/mol.